The molecule has 5 nitrogen and oxygen atoms in total. The summed E-state index contributed by atoms with van der Waals surface area (Å²) < 4.78 is 4.68. The van der Waals surface area contributed by atoms with Crippen LogP contribution in [0.4, 0.5) is 0 Å². The van der Waals surface area contributed by atoms with Gasteiger partial charge in [-0.1, -0.05) is 30.3 Å². The van der Waals surface area contributed by atoms with Gasteiger partial charge in [-0.05, 0) is 5.56 Å². The number of carbonyl (C=O) groups is 2. The Hall–Kier alpha value is -1.88. The quantitative estimate of drug-likeness (QED) is 0.617. The number of nitrogens with zero attached hydrogens (tertiary/aromatic N) is 1. The van der Waals surface area contributed by atoms with Crippen molar-refractivity contribution >= 4 is 11.9 Å². The molecule has 1 aliphatic heterocycles. The summed E-state index contributed by atoms with van der Waals surface area (Å²) in [5.74, 6) is -0.568. The smallest absolute Gasteiger partial charge is 0.310 e. The number of esters is 1. The van der Waals surface area contributed by atoms with Crippen LogP contribution < -0.4 is 5.32 Å². The van der Waals surface area contributed by atoms with E-state index in [0.29, 0.717) is 19.6 Å². The maximum atomic E-state index is 11.8. The number of hydrogen-bond donors (Lipinski definition) is 1. The van der Waals surface area contributed by atoms with E-state index >= 15 is 0 Å². The van der Waals surface area contributed by atoms with Crippen molar-refractivity contribution in [3.8, 4) is 0 Å². The Balaban J connectivity index is 1.69. The Morgan fingerprint density at radius 3 is 2.85 bits per heavy atom. The highest BCUT2D eigenvalue weighted by Crippen LogP contribution is 2.18. The molecule has 1 aromatic carbocycles. The highest BCUT2D eigenvalue weighted by Gasteiger charge is 2.34. The molecular weight excluding hydrogens is 256 g/mol. The third kappa shape index (κ3) is 3.81. The molecule has 0 aromatic heterocycles. The summed E-state index contributed by atoms with van der Waals surface area (Å²) in [7, 11) is 1.36. The van der Waals surface area contributed by atoms with Crippen LogP contribution in [-0.4, -0.2) is 43.5 Å². The number of nitrogens with one attached hydrogen (secondary N) is 1. The van der Waals surface area contributed by atoms with Crippen LogP contribution in [0.5, 0.6) is 0 Å². The van der Waals surface area contributed by atoms with E-state index in [9.17, 15) is 9.59 Å². The molecule has 20 heavy (non-hydrogen) atoms. The van der Waals surface area contributed by atoms with Crippen LogP contribution in [0, 0.1) is 5.92 Å². The van der Waals surface area contributed by atoms with E-state index in [2.05, 4.69) is 22.2 Å². The van der Waals surface area contributed by atoms with Crippen molar-refractivity contribution in [2.45, 2.75) is 13.0 Å². The van der Waals surface area contributed by atoms with Gasteiger partial charge in [-0.2, -0.15) is 0 Å². The Labute approximate surface area is 118 Å². The van der Waals surface area contributed by atoms with Gasteiger partial charge in [0, 0.05) is 32.6 Å². The molecule has 0 spiro atoms. The number of ether oxygens (including phenoxy) is 1. The first-order valence-electron chi connectivity index (χ1n) is 6.81. The van der Waals surface area contributed by atoms with Crippen molar-refractivity contribution in [3.63, 3.8) is 0 Å². The molecule has 0 radical (unpaired) electrons. The van der Waals surface area contributed by atoms with E-state index in [1.807, 2.05) is 18.2 Å². The average molecular weight is 276 g/mol. The van der Waals surface area contributed by atoms with Gasteiger partial charge in [0.25, 0.3) is 0 Å². The molecular formula is C15H20N2O3. The maximum Gasteiger partial charge on any atom is 0.310 e. The zero-order valence-corrected chi connectivity index (χ0v) is 11.7. The van der Waals surface area contributed by atoms with Crippen LogP contribution in [0.15, 0.2) is 30.3 Å². The van der Waals surface area contributed by atoms with Crippen LogP contribution in [0.2, 0.25) is 0 Å². The second-order valence-electron chi connectivity index (χ2n) is 4.93. The van der Waals surface area contributed by atoms with Gasteiger partial charge >= 0.3 is 5.97 Å². The molecule has 1 N–H and O–H groups in total. The second-order valence-corrected chi connectivity index (χ2v) is 4.93. The number of likely N-dealkylation sites (tertiary alicyclic amines) is 1. The molecule has 0 bridgehead atoms. The van der Waals surface area contributed by atoms with Crippen molar-refractivity contribution in [1.82, 2.24) is 10.2 Å². The van der Waals surface area contributed by atoms with Gasteiger partial charge in [-0.15, -0.1) is 0 Å². The predicted molar refractivity (Wildman–Crippen MR) is 74.9 cm³/mol. The lowest BCUT2D eigenvalue weighted by Gasteiger charge is -2.16. The lowest BCUT2D eigenvalue weighted by molar-refractivity contribution is -0.145. The van der Waals surface area contributed by atoms with Crippen molar-refractivity contribution in [1.29, 1.82) is 0 Å². The molecule has 1 amide bonds. The van der Waals surface area contributed by atoms with E-state index in [1.165, 1.54) is 12.7 Å². The van der Waals surface area contributed by atoms with Crippen molar-refractivity contribution < 1.29 is 14.3 Å². The van der Waals surface area contributed by atoms with E-state index in [-0.39, 0.29) is 24.2 Å². The third-order valence-electron chi connectivity index (χ3n) is 3.48. The standard InChI is InChI=1S/C15H20N2O3/c1-20-15(19)13-9-14(18)17(11-13)8-7-16-10-12-5-3-2-4-6-12/h2-6,13,16H,7-11H2,1H3. The summed E-state index contributed by atoms with van der Waals surface area (Å²) in [5, 5.41) is 3.30. The minimum absolute atomic E-state index is 0.0295. The molecule has 1 fully saturated rings. The molecule has 1 atom stereocenters. The van der Waals surface area contributed by atoms with E-state index in [1.54, 1.807) is 4.90 Å². The first-order valence-corrected chi connectivity index (χ1v) is 6.81. The summed E-state index contributed by atoms with van der Waals surface area (Å²) >= 11 is 0. The van der Waals surface area contributed by atoms with Gasteiger partial charge in [-0.25, -0.2) is 0 Å². The van der Waals surface area contributed by atoms with Crippen LogP contribution in [0.1, 0.15) is 12.0 Å². The van der Waals surface area contributed by atoms with Gasteiger partial charge in [0.2, 0.25) is 5.91 Å². The minimum atomic E-state index is -0.304. The molecule has 2 rings (SSSR count). The predicted octanol–water partition coefficient (Wildman–Crippen LogP) is 0.798. The summed E-state index contributed by atoms with van der Waals surface area (Å²) in [6.07, 6.45) is 0.269. The molecule has 1 aromatic rings. The van der Waals surface area contributed by atoms with Crippen molar-refractivity contribution in [2.75, 3.05) is 26.7 Å². The number of methoxy groups -OCH3 is 1. The molecule has 1 heterocycles. The van der Waals surface area contributed by atoms with Crippen LogP contribution in [-0.2, 0) is 20.9 Å². The fourth-order valence-electron chi connectivity index (χ4n) is 2.36. The number of hydrogen-bond acceptors (Lipinski definition) is 4. The molecule has 0 aliphatic carbocycles. The third-order valence-corrected chi connectivity index (χ3v) is 3.48. The zero-order valence-electron chi connectivity index (χ0n) is 11.7. The monoisotopic (exact) mass is 276 g/mol. The summed E-state index contributed by atoms with van der Waals surface area (Å²) in [6.45, 7) is 2.59. The Morgan fingerprint density at radius 1 is 1.40 bits per heavy atom. The zero-order chi connectivity index (χ0) is 14.4. The number of benzene rings is 1. The van der Waals surface area contributed by atoms with Gasteiger partial charge in [0.15, 0.2) is 0 Å². The summed E-state index contributed by atoms with van der Waals surface area (Å²) in [5.41, 5.74) is 1.22. The van der Waals surface area contributed by atoms with Gasteiger partial charge in [0.1, 0.15) is 0 Å². The normalized spacial score (nSPS) is 18.4. The molecule has 5 heteroatoms. The second kappa shape index (κ2) is 7.05. The Bertz CT molecular complexity index is 461. The van der Waals surface area contributed by atoms with E-state index < -0.39 is 0 Å². The van der Waals surface area contributed by atoms with Crippen molar-refractivity contribution in [3.05, 3.63) is 35.9 Å². The maximum absolute atomic E-state index is 11.8. The average Bonchev–Trinajstić information content (AvgIpc) is 2.85. The van der Waals surface area contributed by atoms with E-state index in [4.69, 9.17) is 0 Å². The fourth-order valence-corrected chi connectivity index (χ4v) is 2.36. The number of amides is 1. The fraction of sp³-hybridized carbons (Fsp3) is 0.467. The minimum Gasteiger partial charge on any atom is -0.469 e. The molecule has 1 saturated heterocycles. The van der Waals surface area contributed by atoms with Gasteiger partial charge in [0.05, 0.1) is 13.0 Å². The lowest BCUT2D eigenvalue weighted by Crippen LogP contribution is -2.33. The lowest BCUT2D eigenvalue weighted by atomic mass is 10.1. The van der Waals surface area contributed by atoms with Gasteiger partial charge < -0.3 is 15.0 Å². The molecule has 108 valence electrons. The largest absolute Gasteiger partial charge is 0.469 e. The van der Waals surface area contributed by atoms with Gasteiger partial charge in [-0.3, -0.25) is 9.59 Å². The number of carbonyl (C=O) groups excluding carboxylic acids is 2. The molecule has 1 aliphatic rings. The van der Waals surface area contributed by atoms with E-state index in [0.717, 1.165) is 6.54 Å². The summed E-state index contributed by atoms with van der Waals surface area (Å²) in [6, 6.07) is 10.1. The SMILES string of the molecule is COC(=O)C1CC(=O)N(CCNCc2ccccc2)C1. The first kappa shape index (κ1) is 14.5. The highest BCUT2D eigenvalue weighted by atomic mass is 16.5. The number of rotatable bonds is 6. The topological polar surface area (TPSA) is 58.6 Å². The highest BCUT2D eigenvalue weighted by molar-refractivity contribution is 5.86. The Kier molecular flexibility index (Phi) is 5.12. The molecule has 0 saturated carbocycles. The summed E-state index contributed by atoms with van der Waals surface area (Å²) in [4.78, 5) is 24.9. The van der Waals surface area contributed by atoms with Crippen LogP contribution in [0.3, 0.4) is 0 Å². The van der Waals surface area contributed by atoms with Crippen LogP contribution >= 0.6 is 0 Å². The first-order chi connectivity index (χ1) is 9.70. The Morgan fingerprint density at radius 2 is 2.15 bits per heavy atom. The van der Waals surface area contributed by atoms with Crippen LogP contribution in [0.25, 0.3) is 0 Å². The molecule has 1 unspecified atom stereocenters. The van der Waals surface area contributed by atoms with Crippen molar-refractivity contribution in [2.24, 2.45) is 5.92 Å².